The predicted molar refractivity (Wildman–Crippen MR) is 39.9 cm³/mol. The second kappa shape index (κ2) is 2.70. The summed E-state index contributed by atoms with van der Waals surface area (Å²) < 4.78 is 30.9. The van der Waals surface area contributed by atoms with Crippen LogP contribution in [0.3, 0.4) is 0 Å². The Morgan fingerprint density at radius 2 is 2.17 bits per heavy atom. The smallest absolute Gasteiger partial charge is 0.303 e. The van der Waals surface area contributed by atoms with Crippen LogP contribution in [0, 0.1) is 0 Å². The molecule has 0 amide bonds. The SMILES string of the molecule is CC(=O)OC1(C)COS(=O)(=O)C1. The summed E-state index contributed by atoms with van der Waals surface area (Å²) in [6, 6.07) is 0. The molecule has 1 saturated heterocycles. The third-order valence-corrected chi connectivity index (χ3v) is 2.86. The van der Waals surface area contributed by atoms with Gasteiger partial charge in [-0.15, -0.1) is 0 Å². The van der Waals surface area contributed by atoms with E-state index in [0.29, 0.717) is 0 Å². The van der Waals surface area contributed by atoms with Gasteiger partial charge in [0.05, 0.1) is 0 Å². The van der Waals surface area contributed by atoms with Gasteiger partial charge in [-0.05, 0) is 6.92 Å². The van der Waals surface area contributed by atoms with Gasteiger partial charge in [0.2, 0.25) is 0 Å². The minimum absolute atomic E-state index is 0.0884. The van der Waals surface area contributed by atoms with Crippen molar-refractivity contribution in [3.63, 3.8) is 0 Å². The van der Waals surface area contributed by atoms with E-state index in [4.69, 9.17) is 4.74 Å². The number of rotatable bonds is 1. The first-order valence-corrected chi connectivity index (χ1v) is 4.97. The lowest BCUT2D eigenvalue weighted by molar-refractivity contribution is -0.154. The predicted octanol–water partition coefficient (Wildman–Crippen LogP) is -0.332. The van der Waals surface area contributed by atoms with Crippen LogP contribution in [0.2, 0.25) is 0 Å². The summed E-state index contributed by atoms with van der Waals surface area (Å²) in [6.07, 6.45) is 0. The molecular formula is C6H10O5S. The molecular weight excluding hydrogens is 184 g/mol. The van der Waals surface area contributed by atoms with E-state index < -0.39 is 21.7 Å². The lowest BCUT2D eigenvalue weighted by Gasteiger charge is -2.19. The fourth-order valence-electron chi connectivity index (χ4n) is 1.08. The molecule has 0 spiro atoms. The lowest BCUT2D eigenvalue weighted by atomic mass is 10.1. The maximum Gasteiger partial charge on any atom is 0.303 e. The van der Waals surface area contributed by atoms with Crippen molar-refractivity contribution < 1.29 is 22.1 Å². The fraction of sp³-hybridized carbons (Fsp3) is 0.833. The van der Waals surface area contributed by atoms with Crippen molar-refractivity contribution in [2.75, 3.05) is 12.4 Å². The molecule has 1 atom stereocenters. The van der Waals surface area contributed by atoms with Crippen LogP contribution < -0.4 is 0 Å². The van der Waals surface area contributed by atoms with Gasteiger partial charge in [-0.25, -0.2) is 0 Å². The van der Waals surface area contributed by atoms with E-state index in [1.165, 1.54) is 13.8 Å². The van der Waals surface area contributed by atoms with Crippen LogP contribution in [0.5, 0.6) is 0 Å². The summed E-state index contributed by atoms with van der Waals surface area (Å²) in [5.41, 5.74) is -1.01. The molecule has 0 saturated carbocycles. The van der Waals surface area contributed by atoms with Gasteiger partial charge in [0.25, 0.3) is 10.1 Å². The van der Waals surface area contributed by atoms with Gasteiger partial charge in [-0.2, -0.15) is 8.42 Å². The topological polar surface area (TPSA) is 69.7 Å². The van der Waals surface area contributed by atoms with Crippen LogP contribution in [0.25, 0.3) is 0 Å². The molecule has 6 heteroatoms. The van der Waals surface area contributed by atoms with E-state index in [0.717, 1.165) is 0 Å². The molecule has 1 fully saturated rings. The van der Waals surface area contributed by atoms with Gasteiger partial charge in [0, 0.05) is 6.92 Å². The van der Waals surface area contributed by atoms with Crippen molar-refractivity contribution in [3.8, 4) is 0 Å². The highest BCUT2D eigenvalue weighted by Gasteiger charge is 2.42. The third-order valence-electron chi connectivity index (χ3n) is 1.42. The van der Waals surface area contributed by atoms with Crippen LogP contribution >= 0.6 is 0 Å². The second-order valence-corrected chi connectivity index (χ2v) is 4.65. The Hall–Kier alpha value is -0.620. The fourth-order valence-corrected chi connectivity index (χ4v) is 2.48. The Kier molecular flexibility index (Phi) is 2.13. The third kappa shape index (κ3) is 2.18. The molecule has 1 rings (SSSR count). The standard InChI is InChI=1S/C6H10O5S/c1-5(7)11-6(2)3-10-12(8,9)4-6/h3-4H2,1-2H3. The van der Waals surface area contributed by atoms with E-state index in [9.17, 15) is 13.2 Å². The van der Waals surface area contributed by atoms with Crippen molar-refractivity contribution in [2.45, 2.75) is 19.4 Å². The monoisotopic (exact) mass is 194 g/mol. The van der Waals surface area contributed by atoms with Crippen LogP contribution in [-0.4, -0.2) is 32.3 Å². The summed E-state index contributed by atoms with van der Waals surface area (Å²) in [6.45, 7) is 2.67. The Labute approximate surface area is 70.8 Å². The van der Waals surface area contributed by atoms with Crippen molar-refractivity contribution in [1.29, 1.82) is 0 Å². The molecule has 1 aliphatic heterocycles. The molecule has 0 aromatic rings. The average molecular weight is 194 g/mol. The first-order chi connectivity index (χ1) is 5.33. The molecule has 0 radical (unpaired) electrons. The van der Waals surface area contributed by atoms with Crippen LogP contribution in [0.4, 0.5) is 0 Å². The Bertz CT molecular complexity index is 293. The molecule has 1 aliphatic rings. The lowest BCUT2D eigenvalue weighted by Crippen LogP contribution is -2.34. The van der Waals surface area contributed by atoms with Gasteiger partial charge in [0.15, 0.2) is 5.60 Å². The van der Waals surface area contributed by atoms with E-state index >= 15 is 0 Å². The van der Waals surface area contributed by atoms with Crippen molar-refractivity contribution >= 4 is 16.1 Å². The van der Waals surface area contributed by atoms with Crippen LogP contribution in [0.15, 0.2) is 0 Å². The first-order valence-electron chi connectivity index (χ1n) is 3.40. The number of esters is 1. The zero-order valence-corrected chi connectivity index (χ0v) is 7.68. The molecule has 1 heterocycles. The van der Waals surface area contributed by atoms with Gasteiger partial charge in [0.1, 0.15) is 12.4 Å². The number of hydrogen-bond acceptors (Lipinski definition) is 5. The minimum atomic E-state index is -3.48. The van der Waals surface area contributed by atoms with Gasteiger partial charge < -0.3 is 4.74 Å². The largest absolute Gasteiger partial charge is 0.456 e. The molecule has 0 N–H and O–H groups in total. The normalized spacial score (nSPS) is 33.2. The first kappa shape index (κ1) is 9.47. The molecule has 0 bridgehead atoms. The Balaban J connectivity index is 2.71. The molecule has 0 aromatic carbocycles. The molecule has 0 aromatic heterocycles. The van der Waals surface area contributed by atoms with E-state index in [-0.39, 0.29) is 12.4 Å². The summed E-state index contributed by atoms with van der Waals surface area (Å²) in [4.78, 5) is 10.5. The summed E-state index contributed by atoms with van der Waals surface area (Å²) in [5, 5.41) is 0. The van der Waals surface area contributed by atoms with E-state index in [1.807, 2.05) is 0 Å². The molecule has 70 valence electrons. The second-order valence-electron chi connectivity index (χ2n) is 3.01. The summed E-state index contributed by atoms with van der Waals surface area (Å²) in [7, 11) is -3.48. The molecule has 12 heavy (non-hydrogen) atoms. The maximum atomic E-state index is 10.8. The highest BCUT2D eigenvalue weighted by Crippen LogP contribution is 2.23. The maximum absolute atomic E-state index is 10.8. The number of carbonyl (C=O) groups is 1. The van der Waals surface area contributed by atoms with Crippen LogP contribution in [-0.2, 0) is 23.8 Å². The van der Waals surface area contributed by atoms with E-state index in [1.54, 1.807) is 0 Å². The molecule has 1 unspecified atom stereocenters. The molecule has 0 aliphatic carbocycles. The highest BCUT2D eigenvalue weighted by molar-refractivity contribution is 7.87. The van der Waals surface area contributed by atoms with Crippen molar-refractivity contribution in [1.82, 2.24) is 0 Å². The molecule has 5 nitrogen and oxygen atoms in total. The number of ether oxygens (including phenoxy) is 1. The minimum Gasteiger partial charge on any atom is -0.456 e. The number of carbonyl (C=O) groups excluding carboxylic acids is 1. The Morgan fingerprint density at radius 3 is 2.50 bits per heavy atom. The average Bonchev–Trinajstić information content (AvgIpc) is 2.03. The Morgan fingerprint density at radius 1 is 1.58 bits per heavy atom. The quantitative estimate of drug-likeness (QED) is 0.422. The van der Waals surface area contributed by atoms with Crippen molar-refractivity contribution in [2.24, 2.45) is 0 Å². The zero-order chi connectivity index (χ0) is 9.41. The van der Waals surface area contributed by atoms with Gasteiger partial charge >= 0.3 is 5.97 Å². The van der Waals surface area contributed by atoms with Crippen molar-refractivity contribution in [3.05, 3.63) is 0 Å². The zero-order valence-electron chi connectivity index (χ0n) is 6.86. The highest BCUT2D eigenvalue weighted by atomic mass is 32.2. The van der Waals surface area contributed by atoms with Gasteiger partial charge in [-0.3, -0.25) is 8.98 Å². The summed E-state index contributed by atoms with van der Waals surface area (Å²) in [5.74, 6) is -0.766. The summed E-state index contributed by atoms with van der Waals surface area (Å²) >= 11 is 0. The number of hydrogen-bond donors (Lipinski definition) is 0. The van der Waals surface area contributed by atoms with E-state index in [2.05, 4.69) is 4.18 Å². The van der Waals surface area contributed by atoms with Crippen LogP contribution in [0.1, 0.15) is 13.8 Å². The van der Waals surface area contributed by atoms with Gasteiger partial charge in [-0.1, -0.05) is 0 Å².